The Bertz CT molecular complexity index is 505. The maximum Gasteiger partial charge on any atom is 0.181 e. The van der Waals surface area contributed by atoms with Crippen LogP contribution in [0.25, 0.3) is 0 Å². The summed E-state index contributed by atoms with van der Waals surface area (Å²) >= 11 is 11.9. The molecule has 6 heteroatoms. The van der Waals surface area contributed by atoms with Crippen molar-refractivity contribution >= 4 is 33.0 Å². The fourth-order valence-electron chi connectivity index (χ4n) is 2.24. The molecule has 0 bridgehead atoms. The third kappa shape index (κ3) is 3.18. The first-order valence-electron chi connectivity index (χ1n) is 5.88. The van der Waals surface area contributed by atoms with Crippen molar-refractivity contribution in [2.75, 3.05) is 18.8 Å². The number of halogens is 2. The molecule has 1 aliphatic heterocycles. The Morgan fingerprint density at radius 2 is 1.94 bits per heavy atom. The molecule has 0 aromatic heterocycles. The smallest absolute Gasteiger partial charge is 0.181 e. The highest BCUT2D eigenvalue weighted by atomic mass is 35.5. The molecule has 2 rings (SSSR count). The first-order chi connectivity index (χ1) is 8.50. The lowest BCUT2D eigenvalue weighted by molar-refractivity contribution is 0.404. The lowest BCUT2D eigenvalue weighted by atomic mass is 10.0. The summed E-state index contributed by atoms with van der Waals surface area (Å²) in [5.74, 6) is 0.236. The van der Waals surface area contributed by atoms with Crippen LogP contribution >= 0.6 is 23.2 Å². The quantitative estimate of drug-likeness (QED) is 0.934. The average Bonchev–Trinajstić information content (AvgIpc) is 2.28. The van der Waals surface area contributed by atoms with Crippen molar-refractivity contribution in [3.05, 3.63) is 28.2 Å². The standard InChI is InChI=1S/C12H15Cl2NO2S/c13-10-4-1-5-11(14)12(10)18(16,17)8-9-3-2-6-15-7-9/h1,4-5,9,15H,2-3,6-8H2. The number of sulfone groups is 1. The molecule has 1 aliphatic rings. The van der Waals surface area contributed by atoms with Gasteiger partial charge in [-0.1, -0.05) is 29.3 Å². The van der Waals surface area contributed by atoms with Gasteiger partial charge in [0.1, 0.15) is 4.90 Å². The van der Waals surface area contributed by atoms with E-state index in [0.29, 0.717) is 0 Å². The number of hydrogen-bond donors (Lipinski definition) is 1. The zero-order valence-corrected chi connectivity index (χ0v) is 12.2. The molecule has 1 N–H and O–H groups in total. The molecule has 18 heavy (non-hydrogen) atoms. The minimum absolute atomic E-state index is 0.0684. The van der Waals surface area contributed by atoms with Crippen LogP contribution in [0.1, 0.15) is 12.8 Å². The first-order valence-corrected chi connectivity index (χ1v) is 8.29. The zero-order chi connectivity index (χ0) is 13.2. The van der Waals surface area contributed by atoms with Gasteiger partial charge < -0.3 is 5.32 Å². The Kier molecular flexibility index (Phi) is 4.54. The summed E-state index contributed by atoms with van der Waals surface area (Å²) in [6.07, 6.45) is 1.94. The van der Waals surface area contributed by atoms with E-state index in [0.717, 1.165) is 25.9 Å². The van der Waals surface area contributed by atoms with Gasteiger partial charge >= 0.3 is 0 Å². The van der Waals surface area contributed by atoms with Crippen molar-refractivity contribution in [1.82, 2.24) is 5.32 Å². The van der Waals surface area contributed by atoms with E-state index >= 15 is 0 Å². The Morgan fingerprint density at radius 3 is 2.50 bits per heavy atom. The number of nitrogens with one attached hydrogen (secondary N) is 1. The number of hydrogen-bond acceptors (Lipinski definition) is 3. The summed E-state index contributed by atoms with van der Waals surface area (Å²) in [6.45, 7) is 1.70. The van der Waals surface area contributed by atoms with Gasteiger partial charge in [-0.15, -0.1) is 0 Å². The van der Waals surface area contributed by atoms with E-state index in [2.05, 4.69) is 5.32 Å². The van der Waals surface area contributed by atoms with Gasteiger partial charge in [0.05, 0.1) is 15.8 Å². The Hall–Kier alpha value is -0.290. The second kappa shape index (κ2) is 5.78. The van der Waals surface area contributed by atoms with Crippen molar-refractivity contribution in [3.8, 4) is 0 Å². The van der Waals surface area contributed by atoms with Crippen molar-refractivity contribution in [1.29, 1.82) is 0 Å². The van der Waals surface area contributed by atoms with Gasteiger partial charge in [0, 0.05) is 0 Å². The highest BCUT2D eigenvalue weighted by Gasteiger charge is 2.26. The van der Waals surface area contributed by atoms with E-state index in [-0.39, 0.29) is 26.6 Å². The summed E-state index contributed by atoms with van der Waals surface area (Å²) in [6, 6.07) is 4.75. The summed E-state index contributed by atoms with van der Waals surface area (Å²) in [4.78, 5) is 0.0684. The van der Waals surface area contributed by atoms with Crippen LogP contribution in [-0.2, 0) is 9.84 Å². The predicted molar refractivity (Wildman–Crippen MR) is 74.1 cm³/mol. The van der Waals surface area contributed by atoms with E-state index in [9.17, 15) is 8.42 Å². The van der Waals surface area contributed by atoms with Crippen molar-refractivity contribution in [3.63, 3.8) is 0 Å². The van der Waals surface area contributed by atoms with E-state index in [1.54, 1.807) is 18.2 Å². The largest absolute Gasteiger partial charge is 0.316 e. The molecule has 0 saturated carbocycles. The summed E-state index contributed by atoms with van der Waals surface area (Å²) in [5, 5.41) is 3.61. The normalized spacial score (nSPS) is 20.9. The van der Waals surface area contributed by atoms with Gasteiger partial charge in [-0.2, -0.15) is 0 Å². The number of piperidine rings is 1. The molecule has 1 aromatic carbocycles. The summed E-state index contributed by atoms with van der Waals surface area (Å²) in [5.41, 5.74) is 0. The molecule has 0 aliphatic carbocycles. The minimum Gasteiger partial charge on any atom is -0.316 e. The number of benzene rings is 1. The van der Waals surface area contributed by atoms with Crippen molar-refractivity contribution in [2.24, 2.45) is 5.92 Å². The second-order valence-corrected chi connectivity index (χ2v) is 7.33. The van der Waals surface area contributed by atoms with E-state index in [1.807, 2.05) is 0 Å². The van der Waals surface area contributed by atoms with Crippen molar-refractivity contribution in [2.45, 2.75) is 17.7 Å². The average molecular weight is 308 g/mol. The minimum atomic E-state index is -3.43. The molecule has 3 nitrogen and oxygen atoms in total. The topological polar surface area (TPSA) is 46.2 Å². The maximum atomic E-state index is 12.3. The molecule has 1 unspecified atom stereocenters. The third-order valence-corrected chi connectivity index (χ3v) is 5.91. The van der Waals surface area contributed by atoms with Crippen LogP contribution in [0.5, 0.6) is 0 Å². The second-order valence-electron chi connectivity index (χ2n) is 4.54. The predicted octanol–water partition coefficient (Wildman–Crippen LogP) is 2.77. The SMILES string of the molecule is O=S(=O)(CC1CCCNC1)c1c(Cl)cccc1Cl. The monoisotopic (exact) mass is 307 g/mol. The molecule has 100 valence electrons. The highest BCUT2D eigenvalue weighted by Crippen LogP contribution is 2.31. The van der Waals surface area contributed by atoms with Crippen LogP contribution in [0.4, 0.5) is 0 Å². The Balaban J connectivity index is 2.25. The van der Waals surface area contributed by atoms with Gasteiger partial charge in [-0.3, -0.25) is 0 Å². The summed E-state index contributed by atoms with van der Waals surface area (Å²) < 4.78 is 24.7. The highest BCUT2D eigenvalue weighted by molar-refractivity contribution is 7.91. The molecule has 1 heterocycles. The first kappa shape index (κ1) is 14.1. The van der Waals surface area contributed by atoms with E-state index in [4.69, 9.17) is 23.2 Å². The van der Waals surface area contributed by atoms with Crippen LogP contribution in [0, 0.1) is 5.92 Å². The fraction of sp³-hybridized carbons (Fsp3) is 0.500. The molecule has 1 aromatic rings. The molecule has 1 saturated heterocycles. The maximum absolute atomic E-state index is 12.3. The van der Waals surface area contributed by atoms with Gasteiger partial charge in [-0.05, 0) is 44.0 Å². The fourth-order valence-corrected chi connectivity index (χ4v) is 5.14. The lowest BCUT2D eigenvalue weighted by Gasteiger charge is -2.22. The molecule has 1 fully saturated rings. The molecule has 0 amide bonds. The lowest BCUT2D eigenvalue weighted by Crippen LogP contribution is -2.33. The van der Waals surface area contributed by atoms with Gasteiger partial charge in [0.25, 0.3) is 0 Å². The van der Waals surface area contributed by atoms with Crippen LogP contribution in [-0.4, -0.2) is 27.3 Å². The molecular formula is C12H15Cl2NO2S. The van der Waals surface area contributed by atoms with Crippen molar-refractivity contribution < 1.29 is 8.42 Å². The van der Waals surface area contributed by atoms with Crippen LogP contribution in [0.3, 0.4) is 0 Å². The molecular weight excluding hydrogens is 293 g/mol. The van der Waals surface area contributed by atoms with Crippen LogP contribution in [0.15, 0.2) is 23.1 Å². The van der Waals surface area contributed by atoms with Gasteiger partial charge in [0.2, 0.25) is 0 Å². The molecule has 0 radical (unpaired) electrons. The number of rotatable bonds is 3. The van der Waals surface area contributed by atoms with Crippen LogP contribution in [0.2, 0.25) is 10.0 Å². The van der Waals surface area contributed by atoms with Crippen LogP contribution < -0.4 is 5.32 Å². The van der Waals surface area contributed by atoms with E-state index in [1.165, 1.54) is 0 Å². The van der Waals surface area contributed by atoms with Gasteiger partial charge in [-0.25, -0.2) is 8.42 Å². The summed E-state index contributed by atoms with van der Waals surface area (Å²) in [7, 11) is -3.43. The Morgan fingerprint density at radius 1 is 1.28 bits per heavy atom. The zero-order valence-electron chi connectivity index (χ0n) is 9.83. The third-order valence-electron chi connectivity index (χ3n) is 3.08. The van der Waals surface area contributed by atoms with E-state index < -0.39 is 9.84 Å². The Labute approximate surface area is 117 Å². The van der Waals surface area contributed by atoms with Gasteiger partial charge in [0.15, 0.2) is 9.84 Å². The molecule has 0 spiro atoms. The molecule has 1 atom stereocenters.